The molecule has 0 radical (unpaired) electrons. The number of ether oxygens (including phenoxy) is 2. The molecule has 2 atom stereocenters. The van der Waals surface area contributed by atoms with Gasteiger partial charge >= 0.3 is 0 Å². The number of thioether (sulfide) groups is 1. The van der Waals surface area contributed by atoms with Gasteiger partial charge in [-0.1, -0.05) is 60.7 Å². The maximum absolute atomic E-state index is 13.0. The monoisotopic (exact) mass is 550 g/mol. The molecule has 6 rings (SSSR count). The number of amidine groups is 1. The van der Waals surface area contributed by atoms with E-state index in [4.69, 9.17) is 14.6 Å². The summed E-state index contributed by atoms with van der Waals surface area (Å²) in [6, 6.07) is 27.9. The molecule has 1 fully saturated rings. The second kappa shape index (κ2) is 11.5. The fourth-order valence-corrected chi connectivity index (χ4v) is 5.84. The normalized spacial score (nSPS) is 20.1. The molecule has 3 heterocycles. The van der Waals surface area contributed by atoms with Gasteiger partial charge in [0.2, 0.25) is 0 Å². The lowest BCUT2D eigenvalue weighted by Gasteiger charge is -2.35. The zero-order chi connectivity index (χ0) is 27.5. The third-order valence-electron chi connectivity index (χ3n) is 6.71. The third kappa shape index (κ3) is 5.88. The van der Waals surface area contributed by atoms with Gasteiger partial charge in [-0.3, -0.25) is 4.79 Å². The minimum absolute atomic E-state index is 0.0854. The summed E-state index contributed by atoms with van der Waals surface area (Å²) in [6.45, 7) is 5.99. The van der Waals surface area contributed by atoms with Crippen LogP contribution < -0.4 is 4.74 Å². The number of morpholine rings is 1. The summed E-state index contributed by atoms with van der Waals surface area (Å²) in [4.78, 5) is 20.1. The van der Waals surface area contributed by atoms with E-state index in [1.165, 1.54) is 11.8 Å². The van der Waals surface area contributed by atoms with Crippen LogP contribution in [0.5, 0.6) is 5.75 Å². The van der Waals surface area contributed by atoms with Crippen LogP contribution in [0.1, 0.15) is 25.0 Å². The van der Waals surface area contributed by atoms with Gasteiger partial charge < -0.3 is 14.4 Å². The number of amides is 1. The van der Waals surface area contributed by atoms with E-state index in [0.29, 0.717) is 24.6 Å². The second-order valence-electron chi connectivity index (χ2n) is 9.99. The third-order valence-corrected chi connectivity index (χ3v) is 7.75. The minimum atomic E-state index is -0.231. The Kier molecular flexibility index (Phi) is 7.53. The van der Waals surface area contributed by atoms with E-state index in [1.54, 1.807) is 0 Å². The quantitative estimate of drug-likeness (QED) is 0.266. The average Bonchev–Trinajstić information content (AvgIpc) is 3.56. The molecule has 0 N–H and O–H groups in total. The van der Waals surface area contributed by atoms with E-state index in [-0.39, 0.29) is 18.1 Å². The van der Waals surface area contributed by atoms with E-state index in [1.807, 2.05) is 116 Å². The van der Waals surface area contributed by atoms with E-state index >= 15 is 0 Å². The first kappa shape index (κ1) is 26.1. The molecular formula is C32H30N4O3S. The summed E-state index contributed by atoms with van der Waals surface area (Å²) in [5.41, 5.74) is 4.53. The molecule has 1 saturated heterocycles. The molecule has 2 unspecified atom stereocenters. The van der Waals surface area contributed by atoms with Crippen molar-refractivity contribution in [1.82, 2.24) is 14.7 Å². The van der Waals surface area contributed by atoms with Crippen molar-refractivity contribution in [2.45, 2.75) is 32.7 Å². The standard InChI is InChI=1S/C32H30N4O3S/c1-22-18-35(19-23(2)39-22)32-33-31(37)29(40-32)17-26-20-36(27-13-7-4-8-14-27)34-30(26)25-12-9-15-28(16-25)38-21-24-10-5-3-6-11-24/h3-17,20,22-23H,18-19,21H2,1-2H3/b29-17-. The number of hydrogen-bond acceptors (Lipinski definition) is 6. The number of para-hydroxylation sites is 1. The molecular weight excluding hydrogens is 520 g/mol. The van der Waals surface area contributed by atoms with Crippen LogP contribution in [0.4, 0.5) is 0 Å². The number of benzene rings is 3. The Bertz CT molecular complexity index is 1560. The summed E-state index contributed by atoms with van der Waals surface area (Å²) in [7, 11) is 0. The van der Waals surface area contributed by atoms with Crippen molar-refractivity contribution in [3.05, 3.63) is 107 Å². The van der Waals surface area contributed by atoms with Crippen LogP contribution in [0.3, 0.4) is 0 Å². The Labute approximate surface area is 238 Å². The van der Waals surface area contributed by atoms with Crippen molar-refractivity contribution in [3.8, 4) is 22.7 Å². The molecule has 0 spiro atoms. The molecule has 1 aromatic heterocycles. The van der Waals surface area contributed by atoms with Crippen molar-refractivity contribution in [3.63, 3.8) is 0 Å². The predicted octanol–water partition coefficient (Wildman–Crippen LogP) is 6.20. The number of carbonyl (C=O) groups excluding carboxylic acids is 1. The van der Waals surface area contributed by atoms with E-state index in [2.05, 4.69) is 9.89 Å². The van der Waals surface area contributed by atoms with E-state index < -0.39 is 0 Å². The highest BCUT2D eigenvalue weighted by molar-refractivity contribution is 8.18. The first-order valence-electron chi connectivity index (χ1n) is 13.4. The Morgan fingerprint density at radius 1 is 0.975 bits per heavy atom. The van der Waals surface area contributed by atoms with Gasteiger partial charge in [0.05, 0.1) is 22.8 Å². The van der Waals surface area contributed by atoms with Gasteiger partial charge in [-0.2, -0.15) is 10.1 Å². The highest BCUT2D eigenvalue weighted by Gasteiger charge is 2.31. The Morgan fingerprint density at radius 2 is 1.70 bits per heavy atom. The van der Waals surface area contributed by atoms with Crippen LogP contribution >= 0.6 is 11.8 Å². The van der Waals surface area contributed by atoms with Crippen LogP contribution in [0.25, 0.3) is 23.0 Å². The molecule has 2 aliphatic rings. The van der Waals surface area contributed by atoms with Crippen LogP contribution in [0, 0.1) is 0 Å². The van der Waals surface area contributed by atoms with E-state index in [0.717, 1.165) is 39.0 Å². The minimum Gasteiger partial charge on any atom is -0.489 e. The second-order valence-corrected chi connectivity index (χ2v) is 11.0. The Hall–Kier alpha value is -4.14. The molecule has 0 saturated carbocycles. The number of carbonyl (C=O) groups is 1. The molecule has 7 nitrogen and oxygen atoms in total. The molecule has 40 heavy (non-hydrogen) atoms. The average molecular weight is 551 g/mol. The zero-order valence-electron chi connectivity index (χ0n) is 22.4. The SMILES string of the molecule is CC1CN(C2=NC(=O)/C(=C/c3cn(-c4ccccc4)nc3-c3cccc(OCc4ccccc4)c3)S2)CC(C)O1. The lowest BCUT2D eigenvalue weighted by Crippen LogP contribution is -2.47. The molecule has 4 aromatic rings. The van der Waals surface area contributed by atoms with Gasteiger partial charge in [0.1, 0.15) is 18.1 Å². The lowest BCUT2D eigenvalue weighted by atomic mass is 10.1. The summed E-state index contributed by atoms with van der Waals surface area (Å²) in [6.07, 6.45) is 4.03. The zero-order valence-corrected chi connectivity index (χ0v) is 23.3. The summed E-state index contributed by atoms with van der Waals surface area (Å²) in [5, 5.41) is 5.67. The van der Waals surface area contributed by atoms with Gasteiger partial charge in [0.25, 0.3) is 5.91 Å². The van der Waals surface area contributed by atoms with Crippen molar-refractivity contribution in [2.24, 2.45) is 4.99 Å². The van der Waals surface area contributed by atoms with Crippen LogP contribution in [-0.2, 0) is 16.1 Å². The fraction of sp³-hybridized carbons (Fsp3) is 0.219. The predicted molar refractivity (Wildman–Crippen MR) is 159 cm³/mol. The van der Waals surface area contributed by atoms with Crippen LogP contribution in [0.2, 0.25) is 0 Å². The molecule has 1 amide bonds. The van der Waals surface area contributed by atoms with Crippen molar-refractivity contribution in [1.29, 1.82) is 0 Å². The number of aliphatic imine (C=N–C) groups is 1. The fourth-order valence-electron chi connectivity index (χ4n) is 4.91. The Morgan fingerprint density at radius 3 is 2.45 bits per heavy atom. The van der Waals surface area contributed by atoms with Crippen molar-refractivity contribution < 1.29 is 14.3 Å². The van der Waals surface area contributed by atoms with Crippen molar-refractivity contribution >= 4 is 28.9 Å². The van der Waals surface area contributed by atoms with Crippen LogP contribution in [0.15, 0.2) is 101 Å². The summed E-state index contributed by atoms with van der Waals surface area (Å²) >= 11 is 1.41. The molecule has 2 aliphatic heterocycles. The summed E-state index contributed by atoms with van der Waals surface area (Å²) in [5.74, 6) is 0.520. The van der Waals surface area contributed by atoms with Gasteiger partial charge in [0.15, 0.2) is 5.17 Å². The lowest BCUT2D eigenvalue weighted by molar-refractivity contribution is -0.113. The molecule has 0 bridgehead atoms. The molecule has 202 valence electrons. The highest BCUT2D eigenvalue weighted by Crippen LogP contribution is 2.35. The maximum atomic E-state index is 13.0. The first-order valence-corrected chi connectivity index (χ1v) is 14.2. The van der Waals surface area contributed by atoms with Crippen LogP contribution in [-0.4, -0.2) is 51.1 Å². The topological polar surface area (TPSA) is 69.0 Å². The number of hydrogen-bond donors (Lipinski definition) is 0. The van der Waals surface area contributed by atoms with Gasteiger partial charge in [-0.15, -0.1) is 0 Å². The molecule has 3 aromatic carbocycles. The van der Waals surface area contributed by atoms with E-state index in [9.17, 15) is 4.79 Å². The molecule has 8 heteroatoms. The first-order chi connectivity index (χ1) is 19.5. The number of nitrogens with zero attached hydrogens (tertiary/aromatic N) is 4. The largest absolute Gasteiger partial charge is 0.489 e. The van der Waals surface area contributed by atoms with Gasteiger partial charge in [-0.05, 0) is 61.5 Å². The number of rotatable bonds is 6. The van der Waals surface area contributed by atoms with Gasteiger partial charge in [0, 0.05) is 30.4 Å². The Balaban J connectivity index is 1.31. The smallest absolute Gasteiger partial charge is 0.286 e. The summed E-state index contributed by atoms with van der Waals surface area (Å²) < 4.78 is 13.8. The maximum Gasteiger partial charge on any atom is 0.286 e. The molecule has 0 aliphatic carbocycles. The highest BCUT2D eigenvalue weighted by atomic mass is 32.2. The number of aromatic nitrogens is 2. The van der Waals surface area contributed by atoms with Gasteiger partial charge in [-0.25, -0.2) is 4.68 Å². The van der Waals surface area contributed by atoms with Crippen molar-refractivity contribution in [2.75, 3.05) is 13.1 Å².